The quantitative estimate of drug-likeness (QED) is 0.240. The fourth-order valence-electron chi connectivity index (χ4n) is 6.44. The maximum Gasteiger partial charge on any atom is 0.279 e. The van der Waals surface area contributed by atoms with Crippen LogP contribution in [0.1, 0.15) is 24.6 Å². The van der Waals surface area contributed by atoms with Crippen molar-refractivity contribution in [3.8, 4) is 5.69 Å². The molecule has 2 aliphatic rings. The third kappa shape index (κ3) is 4.05. The van der Waals surface area contributed by atoms with E-state index in [0.717, 1.165) is 0 Å². The number of ether oxygens (including phenoxy) is 1. The summed E-state index contributed by atoms with van der Waals surface area (Å²) in [7, 11) is -3.29. The lowest BCUT2D eigenvalue weighted by Gasteiger charge is -2.30. The molecule has 1 spiro atoms. The minimum absolute atomic E-state index is 0.0185. The number of aromatic amines is 1. The fourth-order valence-corrected chi connectivity index (χ4v) is 8.98. The Bertz CT molecular complexity index is 1620. The zero-order chi connectivity index (χ0) is 27.5. The van der Waals surface area contributed by atoms with Crippen molar-refractivity contribution < 1.29 is 18.7 Å². The number of halogens is 1. The number of hydrogen-bond donors (Lipinski definition) is 3. The largest absolute Gasteiger partial charge is 0.396 e. The molecule has 6 rings (SSSR count). The predicted octanol–water partition coefficient (Wildman–Crippen LogP) is 3.26. The van der Waals surface area contributed by atoms with Gasteiger partial charge in [-0.25, -0.2) is 4.68 Å². The summed E-state index contributed by atoms with van der Waals surface area (Å²) < 4.78 is 25.7. The van der Waals surface area contributed by atoms with E-state index in [9.17, 15) is 9.59 Å². The van der Waals surface area contributed by atoms with Gasteiger partial charge in [0.2, 0.25) is 8.41 Å². The highest BCUT2D eigenvalue weighted by Crippen LogP contribution is 2.59. The van der Waals surface area contributed by atoms with Crippen LogP contribution in [0, 0.1) is 5.92 Å². The first-order valence-corrected chi connectivity index (χ1v) is 16.1. The van der Waals surface area contributed by atoms with E-state index in [1.54, 1.807) is 48.2 Å². The van der Waals surface area contributed by atoms with E-state index in [-0.39, 0.29) is 18.1 Å². The van der Waals surface area contributed by atoms with Crippen molar-refractivity contribution >= 4 is 30.9 Å². The van der Waals surface area contributed by atoms with Crippen LogP contribution in [0.3, 0.4) is 0 Å². The summed E-state index contributed by atoms with van der Waals surface area (Å²) in [4.78, 5) is 26.7. The summed E-state index contributed by atoms with van der Waals surface area (Å²) in [6, 6.07) is 12.6. The Hall–Kier alpha value is -3.61. The van der Waals surface area contributed by atoms with Gasteiger partial charge in [-0.1, -0.05) is 24.3 Å². The van der Waals surface area contributed by atoms with Crippen molar-refractivity contribution in [1.29, 1.82) is 0 Å². The van der Waals surface area contributed by atoms with Crippen LogP contribution in [-0.2, 0) is 28.1 Å². The molecule has 39 heavy (non-hydrogen) atoms. The summed E-state index contributed by atoms with van der Waals surface area (Å²) in [5.74, 6) is -0.756. The van der Waals surface area contributed by atoms with Gasteiger partial charge in [-0.05, 0) is 49.8 Å². The molecule has 204 valence electrons. The number of aromatic nitrogens is 5. The SMILES string of the molecule is C[C@@H]1[C@@H]([Si](C)(C)F)[C@H](CCn2cc(CCO)nn2)O[C@@]12C(=O)Nc1ccc(-n3[nH]c4ccccc4c3=O)cc12. The van der Waals surface area contributed by atoms with E-state index in [4.69, 9.17) is 9.84 Å². The van der Waals surface area contributed by atoms with E-state index in [2.05, 4.69) is 20.7 Å². The monoisotopic (exact) mass is 550 g/mol. The first-order chi connectivity index (χ1) is 18.6. The third-order valence-corrected chi connectivity index (χ3v) is 10.6. The summed E-state index contributed by atoms with van der Waals surface area (Å²) in [5.41, 5.74) is 1.14. The lowest BCUT2D eigenvalue weighted by Crippen LogP contribution is -2.42. The van der Waals surface area contributed by atoms with Gasteiger partial charge in [-0.15, -0.1) is 5.10 Å². The van der Waals surface area contributed by atoms with Gasteiger partial charge in [-0.3, -0.25) is 19.4 Å². The number of nitrogens with zero attached hydrogens (tertiary/aromatic N) is 4. The average molecular weight is 551 g/mol. The standard InChI is InChI=1S/C27H31FN6O4Si/c1-16-24(39(2,3)28)23(10-12-33-15-17(11-13-35)30-32-33)38-27(16)20-14-18(8-9-22(20)29-26(27)37)34-25(36)19-6-4-5-7-21(19)31-34/h4-9,14-16,23-24,31,35H,10-13H2,1-3H3,(H,29,37)/t16-,23+,24-,27+/m1/s1. The molecule has 4 atom stereocenters. The molecule has 4 heterocycles. The van der Waals surface area contributed by atoms with Crippen LogP contribution < -0.4 is 10.9 Å². The van der Waals surface area contributed by atoms with E-state index in [1.165, 1.54) is 4.68 Å². The first-order valence-electron chi connectivity index (χ1n) is 13.2. The molecule has 0 saturated carbocycles. The molecule has 0 aliphatic carbocycles. The number of para-hydroxylation sites is 1. The Labute approximate surface area is 224 Å². The Morgan fingerprint density at radius 3 is 2.74 bits per heavy atom. The Balaban J connectivity index is 1.38. The first kappa shape index (κ1) is 25.7. The van der Waals surface area contributed by atoms with Crippen LogP contribution >= 0.6 is 0 Å². The molecule has 0 unspecified atom stereocenters. The van der Waals surface area contributed by atoms with Crippen LogP contribution in [0.25, 0.3) is 16.6 Å². The number of nitrogens with one attached hydrogen (secondary N) is 2. The number of carbonyl (C=O) groups is 1. The van der Waals surface area contributed by atoms with Crippen molar-refractivity contribution in [3.05, 3.63) is 70.3 Å². The number of rotatable bonds is 7. The lowest BCUT2D eigenvalue weighted by molar-refractivity contribution is -0.143. The maximum atomic E-state index is 15.9. The number of hydrogen-bond acceptors (Lipinski definition) is 6. The second-order valence-electron chi connectivity index (χ2n) is 11.0. The summed E-state index contributed by atoms with van der Waals surface area (Å²) in [6.45, 7) is 5.63. The number of H-pyrrole nitrogens is 1. The average Bonchev–Trinajstić information content (AvgIpc) is 3.63. The zero-order valence-corrected chi connectivity index (χ0v) is 23.0. The van der Waals surface area contributed by atoms with Crippen molar-refractivity contribution in [3.63, 3.8) is 0 Å². The maximum absolute atomic E-state index is 15.9. The van der Waals surface area contributed by atoms with Crippen LogP contribution in [0.2, 0.25) is 18.6 Å². The normalized spacial score (nSPS) is 24.5. The molecule has 1 fully saturated rings. The number of aliphatic hydroxyl groups is 1. The molecule has 0 bridgehead atoms. The summed E-state index contributed by atoms with van der Waals surface area (Å²) in [5, 5.41) is 24.0. The fraction of sp³-hybridized carbons (Fsp3) is 0.407. The summed E-state index contributed by atoms with van der Waals surface area (Å²) >= 11 is 0. The van der Waals surface area contributed by atoms with Crippen LogP contribution in [0.4, 0.5) is 9.80 Å². The van der Waals surface area contributed by atoms with Gasteiger partial charge < -0.3 is 19.3 Å². The van der Waals surface area contributed by atoms with Gasteiger partial charge in [0.25, 0.3) is 11.5 Å². The van der Waals surface area contributed by atoms with Crippen molar-refractivity contribution in [2.24, 2.45) is 5.92 Å². The number of carbonyl (C=O) groups excluding carboxylic acids is 1. The van der Waals surface area contributed by atoms with Gasteiger partial charge in [0, 0.05) is 48.5 Å². The van der Waals surface area contributed by atoms with Crippen molar-refractivity contribution in [2.45, 2.75) is 56.7 Å². The number of aliphatic hydroxyl groups excluding tert-OH is 1. The van der Waals surface area contributed by atoms with Gasteiger partial charge in [-0.2, -0.15) is 0 Å². The highest BCUT2D eigenvalue weighted by Gasteiger charge is 2.65. The minimum Gasteiger partial charge on any atom is -0.396 e. The second kappa shape index (κ2) is 9.25. The molecule has 1 saturated heterocycles. The number of anilines is 1. The third-order valence-electron chi connectivity index (χ3n) is 8.15. The minimum atomic E-state index is -3.29. The zero-order valence-electron chi connectivity index (χ0n) is 22.0. The molecule has 4 aromatic rings. The highest BCUT2D eigenvalue weighted by atomic mass is 28.4. The number of aryl methyl sites for hydroxylation is 1. The van der Waals surface area contributed by atoms with Crippen LogP contribution in [-0.4, -0.2) is 56.9 Å². The molecular weight excluding hydrogens is 519 g/mol. The lowest BCUT2D eigenvalue weighted by atomic mass is 9.82. The van der Waals surface area contributed by atoms with Crippen molar-refractivity contribution in [2.75, 3.05) is 11.9 Å². The molecular formula is C27H31FN6O4Si. The Morgan fingerprint density at radius 1 is 1.21 bits per heavy atom. The predicted molar refractivity (Wildman–Crippen MR) is 146 cm³/mol. The number of fused-ring (bicyclic) bond motifs is 3. The van der Waals surface area contributed by atoms with Gasteiger partial charge in [0.1, 0.15) is 0 Å². The van der Waals surface area contributed by atoms with E-state index < -0.39 is 31.6 Å². The molecule has 2 aliphatic heterocycles. The van der Waals surface area contributed by atoms with Crippen molar-refractivity contribution in [1.82, 2.24) is 24.8 Å². The Morgan fingerprint density at radius 2 is 2.00 bits per heavy atom. The summed E-state index contributed by atoms with van der Waals surface area (Å²) in [6.07, 6.45) is 2.10. The van der Waals surface area contributed by atoms with E-state index in [1.807, 2.05) is 25.1 Å². The Kier molecular flexibility index (Phi) is 6.08. The molecule has 2 aromatic carbocycles. The van der Waals surface area contributed by atoms with E-state index >= 15 is 4.11 Å². The topological polar surface area (TPSA) is 127 Å². The van der Waals surface area contributed by atoms with Crippen LogP contribution in [0.5, 0.6) is 0 Å². The molecule has 0 radical (unpaired) electrons. The number of benzene rings is 2. The molecule has 10 nitrogen and oxygen atoms in total. The van der Waals surface area contributed by atoms with E-state index in [0.29, 0.717) is 52.9 Å². The van der Waals surface area contributed by atoms with Crippen LogP contribution in [0.15, 0.2) is 53.5 Å². The van der Waals surface area contributed by atoms with Gasteiger partial charge >= 0.3 is 0 Å². The van der Waals surface area contributed by atoms with Gasteiger partial charge in [0.15, 0.2) is 5.60 Å². The second-order valence-corrected chi connectivity index (χ2v) is 14.8. The number of amides is 1. The molecule has 3 N–H and O–H groups in total. The molecule has 12 heteroatoms. The smallest absolute Gasteiger partial charge is 0.279 e. The highest BCUT2D eigenvalue weighted by molar-refractivity contribution is 6.72. The molecule has 1 amide bonds. The van der Waals surface area contributed by atoms with Gasteiger partial charge in [0.05, 0.1) is 28.4 Å². The molecule has 2 aromatic heterocycles.